The number of fused-ring (bicyclic) bond motifs is 1. The van der Waals surface area contributed by atoms with Crippen LogP contribution in [0.2, 0.25) is 0 Å². The Kier molecular flexibility index (Phi) is 8.63. The van der Waals surface area contributed by atoms with Crippen molar-refractivity contribution >= 4 is 38.7 Å². The minimum atomic E-state index is -0.525. The molecule has 0 aliphatic rings. The summed E-state index contributed by atoms with van der Waals surface area (Å²) in [6.07, 6.45) is 2.71. The molecule has 0 amide bonds. The van der Waals surface area contributed by atoms with E-state index >= 15 is 0 Å². The van der Waals surface area contributed by atoms with E-state index in [0.29, 0.717) is 39.1 Å². The highest BCUT2D eigenvalue weighted by Crippen LogP contribution is 2.34. The molecule has 0 saturated heterocycles. The molecule has 0 fully saturated rings. The van der Waals surface area contributed by atoms with Crippen LogP contribution in [-0.2, 0) is 0 Å². The van der Waals surface area contributed by atoms with Crippen molar-refractivity contribution in [2.45, 2.75) is 33.6 Å². The molecule has 5 rings (SSSR count). The van der Waals surface area contributed by atoms with E-state index in [-0.39, 0.29) is 23.0 Å². The van der Waals surface area contributed by atoms with Gasteiger partial charge in [0.1, 0.15) is 17.7 Å². The maximum Gasteiger partial charge on any atom is 0.287 e. The Morgan fingerprint density at radius 2 is 1.88 bits per heavy atom. The number of hydrogen-bond donors (Lipinski definition) is 0. The summed E-state index contributed by atoms with van der Waals surface area (Å²) in [5.41, 5.74) is 3.56. The first-order chi connectivity index (χ1) is 20.7. The number of nitro groups is 1. The van der Waals surface area contributed by atoms with E-state index in [9.17, 15) is 14.9 Å². The van der Waals surface area contributed by atoms with Gasteiger partial charge in [-0.3, -0.25) is 14.9 Å². The number of halogens is 1. The Bertz CT molecular complexity index is 1920. The third-order valence-electron chi connectivity index (χ3n) is 6.70. The summed E-state index contributed by atoms with van der Waals surface area (Å²) >= 11 is 3.50. The van der Waals surface area contributed by atoms with E-state index < -0.39 is 4.92 Å². The SMILES string of the molecule is CCOc1cc(C)c(-c2nc3ccccc3c(=O)n2N=Cc2ccc(Oc3ccc([N+](=O)[O-])cn3)c(Br)c2)cc1C(C)C. The molecule has 0 bridgehead atoms. The van der Waals surface area contributed by atoms with Crippen molar-refractivity contribution in [2.24, 2.45) is 5.10 Å². The molecule has 2 aromatic heterocycles. The lowest BCUT2D eigenvalue weighted by Gasteiger charge is -2.18. The lowest BCUT2D eigenvalue weighted by Crippen LogP contribution is -2.20. The van der Waals surface area contributed by atoms with E-state index in [4.69, 9.17) is 14.5 Å². The van der Waals surface area contributed by atoms with Crippen LogP contribution in [0, 0.1) is 17.0 Å². The van der Waals surface area contributed by atoms with Crippen LogP contribution in [0.15, 0.2) is 87.3 Å². The average Bonchev–Trinajstić information content (AvgIpc) is 2.98. The van der Waals surface area contributed by atoms with Crippen molar-refractivity contribution in [3.8, 4) is 28.8 Å². The van der Waals surface area contributed by atoms with Gasteiger partial charge in [-0.1, -0.05) is 26.0 Å². The quantitative estimate of drug-likeness (QED) is 0.0920. The summed E-state index contributed by atoms with van der Waals surface area (Å²) in [6, 6.07) is 19.2. The summed E-state index contributed by atoms with van der Waals surface area (Å²) in [5.74, 6) is 2.08. The van der Waals surface area contributed by atoms with Crippen molar-refractivity contribution in [3.63, 3.8) is 0 Å². The highest BCUT2D eigenvalue weighted by Gasteiger charge is 2.19. The first-order valence-electron chi connectivity index (χ1n) is 13.6. The number of pyridine rings is 1. The van der Waals surface area contributed by atoms with Gasteiger partial charge in [0.15, 0.2) is 5.82 Å². The largest absolute Gasteiger partial charge is 0.494 e. The number of hydrogen-bond acceptors (Lipinski definition) is 8. The van der Waals surface area contributed by atoms with Crippen LogP contribution in [0.25, 0.3) is 22.3 Å². The van der Waals surface area contributed by atoms with Crippen molar-refractivity contribution < 1.29 is 14.4 Å². The molecule has 10 nitrogen and oxygen atoms in total. The number of nitrogens with zero attached hydrogens (tertiary/aromatic N) is 5. The normalized spacial score (nSPS) is 11.4. The first kappa shape index (κ1) is 29.6. The Morgan fingerprint density at radius 3 is 2.56 bits per heavy atom. The number of benzene rings is 3. The standard InChI is InChI=1S/C32H28BrN5O5/c1-5-42-29-14-20(4)25(16-24(29)19(2)3)31-36-27-9-7-6-8-23(27)32(39)37(31)35-17-21-10-12-28(26(33)15-21)43-30-13-11-22(18-34-30)38(40)41/h6-19H,5H2,1-4H3. The lowest BCUT2D eigenvalue weighted by atomic mass is 9.96. The Balaban J connectivity index is 1.55. The molecular formula is C32H28BrN5O5. The van der Waals surface area contributed by atoms with Crippen LogP contribution >= 0.6 is 15.9 Å². The van der Waals surface area contributed by atoms with Crippen molar-refractivity contribution in [1.82, 2.24) is 14.6 Å². The van der Waals surface area contributed by atoms with E-state index in [2.05, 4.69) is 39.9 Å². The Hall–Kier alpha value is -4.90. The van der Waals surface area contributed by atoms with Gasteiger partial charge in [0.25, 0.3) is 11.2 Å². The van der Waals surface area contributed by atoms with Crippen LogP contribution in [0.3, 0.4) is 0 Å². The van der Waals surface area contributed by atoms with Gasteiger partial charge >= 0.3 is 0 Å². The number of aryl methyl sites for hydroxylation is 1. The van der Waals surface area contributed by atoms with Crippen LogP contribution in [-0.4, -0.2) is 32.4 Å². The molecule has 5 aromatic rings. The molecule has 0 saturated carbocycles. The molecule has 43 heavy (non-hydrogen) atoms. The molecule has 0 atom stereocenters. The highest BCUT2D eigenvalue weighted by atomic mass is 79.9. The van der Waals surface area contributed by atoms with E-state index in [0.717, 1.165) is 28.6 Å². The van der Waals surface area contributed by atoms with Gasteiger partial charge in [-0.2, -0.15) is 9.78 Å². The van der Waals surface area contributed by atoms with Gasteiger partial charge in [-0.15, -0.1) is 0 Å². The van der Waals surface area contributed by atoms with E-state index in [1.165, 1.54) is 16.8 Å². The van der Waals surface area contributed by atoms with Gasteiger partial charge in [0.05, 0.1) is 33.1 Å². The predicted molar refractivity (Wildman–Crippen MR) is 170 cm³/mol. The second-order valence-corrected chi connectivity index (χ2v) is 10.9. The summed E-state index contributed by atoms with van der Waals surface area (Å²) in [5, 5.41) is 15.9. The molecule has 0 spiro atoms. The maximum absolute atomic E-state index is 13.7. The minimum absolute atomic E-state index is 0.128. The van der Waals surface area contributed by atoms with Gasteiger partial charge in [0, 0.05) is 17.7 Å². The van der Waals surface area contributed by atoms with Gasteiger partial charge in [-0.25, -0.2) is 9.97 Å². The maximum atomic E-state index is 13.7. The zero-order valence-electron chi connectivity index (χ0n) is 23.9. The van der Waals surface area contributed by atoms with Crippen LogP contribution < -0.4 is 15.0 Å². The molecule has 0 N–H and O–H groups in total. The zero-order chi connectivity index (χ0) is 30.7. The first-order valence-corrected chi connectivity index (χ1v) is 14.4. The molecule has 3 aromatic carbocycles. The third kappa shape index (κ3) is 6.31. The molecule has 2 heterocycles. The number of para-hydroxylation sites is 1. The topological polar surface area (TPSA) is 122 Å². The van der Waals surface area contributed by atoms with E-state index in [1.807, 2.05) is 38.1 Å². The third-order valence-corrected chi connectivity index (χ3v) is 7.32. The molecule has 0 unspecified atom stereocenters. The van der Waals surface area contributed by atoms with Gasteiger partial charge in [-0.05, 0) is 94.9 Å². The predicted octanol–water partition coefficient (Wildman–Crippen LogP) is 7.63. The summed E-state index contributed by atoms with van der Waals surface area (Å²) in [4.78, 5) is 33.0. The van der Waals surface area contributed by atoms with Crippen LogP contribution in [0.4, 0.5) is 5.69 Å². The minimum Gasteiger partial charge on any atom is -0.494 e. The second kappa shape index (κ2) is 12.5. The number of ether oxygens (including phenoxy) is 2. The fourth-order valence-corrected chi connectivity index (χ4v) is 5.01. The van der Waals surface area contributed by atoms with E-state index in [1.54, 1.807) is 36.5 Å². The van der Waals surface area contributed by atoms with Crippen molar-refractivity contribution in [2.75, 3.05) is 6.61 Å². The van der Waals surface area contributed by atoms with Crippen LogP contribution in [0.1, 0.15) is 43.4 Å². The van der Waals surface area contributed by atoms with Crippen molar-refractivity contribution in [1.29, 1.82) is 0 Å². The fraction of sp³-hybridized carbons (Fsp3) is 0.188. The highest BCUT2D eigenvalue weighted by molar-refractivity contribution is 9.10. The molecule has 218 valence electrons. The second-order valence-electron chi connectivity index (χ2n) is 10.0. The lowest BCUT2D eigenvalue weighted by molar-refractivity contribution is -0.385. The Labute approximate surface area is 255 Å². The fourth-order valence-electron chi connectivity index (χ4n) is 4.53. The summed E-state index contributed by atoms with van der Waals surface area (Å²) in [6.45, 7) is 8.66. The molecule has 0 aliphatic carbocycles. The molecule has 0 aliphatic heterocycles. The molecular weight excluding hydrogens is 614 g/mol. The summed E-state index contributed by atoms with van der Waals surface area (Å²) in [7, 11) is 0. The van der Waals surface area contributed by atoms with Crippen molar-refractivity contribution in [3.05, 3.63) is 115 Å². The molecule has 0 radical (unpaired) electrons. The number of aromatic nitrogens is 3. The molecule has 11 heteroatoms. The number of rotatable bonds is 9. The zero-order valence-corrected chi connectivity index (χ0v) is 25.5. The summed E-state index contributed by atoms with van der Waals surface area (Å²) < 4.78 is 13.6. The van der Waals surface area contributed by atoms with Crippen LogP contribution in [0.5, 0.6) is 17.4 Å². The van der Waals surface area contributed by atoms with Gasteiger partial charge < -0.3 is 9.47 Å². The monoisotopic (exact) mass is 641 g/mol. The Morgan fingerprint density at radius 1 is 1.09 bits per heavy atom. The average molecular weight is 643 g/mol. The van der Waals surface area contributed by atoms with Gasteiger partial charge in [0.2, 0.25) is 5.88 Å². The smallest absolute Gasteiger partial charge is 0.287 e.